The van der Waals surface area contributed by atoms with Gasteiger partial charge < -0.3 is 9.88 Å². The molecule has 0 saturated heterocycles. The zero-order valence-electron chi connectivity index (χ0n) is 21.6. The largest absolute Gasteiger partial charge is 0.333 e. The van der Waals surface area contributed by atoms with E-state index >= 15 is 0 Å². The molecule has 8 nitrogen and oxygen atoms in total. The van der Waals surface area contributed by atoms with Crippen LogP contribution in [0.4, 0.5) is 14.9 Å². The smallest absolute Gasteiger partial charge is 0.308 e. The van der Waals surface area contributed by atoms with Gasteiger partial charge in [0.05, 0.1) is 17.1 Å². The quantitative estimate of drug-likeness (QED) is 0.257. The van der Waals surface area contributed by atoms with Crippen molar-refractivity contribution in [2.24, 2.45) is 0 Å². The number of hydrogen-bond donors (Lipinski definition) is 2. The van der Waals surface area contributed by atoms with E-state index in [1.807, 2.05) is 42.0 Å². The molecule has 0 radical (unpaired) electrons. The fourth-order valence-electron chi connectivity index (χ4n) is 4.76. The molecular weight excluding hydrogens is 529 g/mol. The number of halogens is 1. The Kier molecular flexibility index (Phi) is 6.55. The number of urea groups is 1. The van der Waals surface area contributed by atoms with Gasteiger partial charge in [0.1, 0.15) is 17.2 Å². The lowest BCUT2D eigenvalue weighted by Crippen LogP contribution is -2.34. The van der Waals surface area contributed by atoms with Crippen LogP contribution in [0.3, 0.4) is 0 Å². The molecular formula is C30H26FN5O3S. The predicted molar refractivity (Wildman–Crippen MR) is 151 cm³/mol. The SMILES string of the molecule is Cc1ccnc2c1nc(C1CC1)n2Cc1ccc(-c2ccccc2S(=O)(=O)NC(=O)Nc2ccccc2F)cc1. The van der Waals surface area contributed by atoms with Crippen LogP contribution in [-0.2, 0) is 16.6 Å². The van der Waals surface area contributed by atoms with Gasteiger partial charge in [-0.05, 0) is 60.7 Å². The van der Waals surface area contributed by atoms with Crippen LogP contribution < -0.4 is 10.0 Å². The maximum absolute atomic E-state index is 13.9. The number of anilines is 1. The standard InChI is InChI=1S/C30H26FN5O3S/c1-19-16-17-32-29-27(19)34-28(22-14-15-22)36(29)18-20-10-12-21(13-11-20)23-6-2-5-9-26(23)40(38,39)35-30(37)33-25-8-4-3-7-24(25)31/h2-13,16-17,22H,14-15,18H2,1H3,(H2,33,35,37). The van der Waals surface area contributed by atoms with Crippen molar-refractivity contribution in [2.45, 2.75) is 37.1 Å². The van der Waals surface area contributed by atoms with Gasteiger partial charge >= 0.3 is 6.03 Å². The Morgan fingerprint density at radius 3 is 2.48 bits per heavy atom. The molecule has 5 aromatic rings. The van der Waals surface area contributed by atoms with E-state index in [4.69, 9.17) is 4.98 Å². The predicted octanol–water partition coefficient (Wildman–Crippen LogP) is 5.98. The van der Waals surface area contributed by atoms with Crippen molar-refractivity contribution in [3.05, 3.63) is 108 Å². The van der Waals surface area contributed by atoms with Gasteiger partial charge in [0.2, 0.25) is 0 Å². The second-order valence-corrected chi connectivity index (χ2v) is 11.5. The minimum Gasteiger partial charge on any atom is -0.308 e. The minimum atomic E-state index is -4.26. The van der Waals surface area contributed by atoms with Gasteiger partial charge in [0, 0.05) is 17.7 Å². The van der Waals surface area contributed by atoms with Crippen molar-refractivity contribution in [2.75, 3.05) is 5.32 Å². The third kappa shape index (κ3) is 5.05. The lowest BCUT2D eigenvalue weighted by atomic mass is 10.0. The number of nitrogens with zero attached hydrogens (tertiary/aromatic N) is 3. The zero-order valence-corrected chi connectivity index (χ0v) is 22.5. The summed E-state index contributed by atoms with van der Waals surface area (Å²) in [5, 5.41) is 2.24. The van der Waals surface area contributed by atoms with Crippen LogP contribution in [0.2, 0.25) is 0 Å². The van der Waals surface area contributed by atoms with Crippen LogP contribution in [0.5, 0.6) is 0 Å². The molecule has 0 atom stereocenters. The summed E-state index contributed by atoms with van der Waals surface area (Å²) in [6.07, 6.45) is 4.05. The maximum Gasteiger partial charge on any atom is 0.333 e. The molecule has 3 aromatic carbocycles. The number of imidazole rings is 1. The normalized spacial score (nSPS) is 13.3. The van der Waals surface area contributed by atoms with Gasteiger partial charge in [-0.2, -0.15) is 0 Å². The van der Waals surface area contributed by atoms with Crippen LogP contribution in [0.1, 0.15) is 35.7 Å². The number of fused-ring (bicyclic) bond motifs is 1. The third-order valence-electron chi connectivity index (χ3n) is 6.94. The Morgan fingerprint density at radius 2 is 1.73 bits per heavy atom. The number of pyridine rings is 1. The summed E-state index contributed by atoms with van der Waals surface area (Å²) >= 11 is 0. The summed E-state index contributed by atoms with van der Waals surface area (Å²) in [6, 6.07) is 20.5. The molecule has 40 heavy (non-hydrogen) atoms. The van der Waals surface area contributed by atoms with Crippen molar-refractivity contribution in [1.29, 1.82) is 0 Å². The number of carbonyl (C=O) groups is 1. The van der Waals surface area contributed by atoms with E-state index in [0.29, 0.717) is 23.6 Å². The van der Waals surface area contributed by atoms with Gasteiger partial charge in [0.15, 0.2) is 5.65 Å². The Balaban J connectivity index is 1.25. The van der Waals surface area contributed by atoms with E-state index in [0.717, 1.165) is 41.0 Å². The topological polar surface area (TPSA) is 106 Å². The fraction of sp³-hybridized carbons (Fsp3) is 0.167. The second-order valence-electron chi connectivity index (χ2n) is 9.86. The minimum absolute atomic E-state index is 0.0669. The Hall–Kier alpha value is -4.57. The van der Waals surface area contributed by atoms with Gasteiger partial charge in [0.25, 0.3) is 10.0 Å². The first-order chi connectivity index (χ1) is 19.3. The highest BCUT2D eigenvalue weighted by atomic mass is 32.2. The Morgan fingerprint density at radius 1 is 1.00 bits per heavy atom. The summed E-state index contributed by atoms with van der Waals surface area (Å²) in [5.74, 6) is 0.833. The molecule has 2 aromatic heterocycles. The highest BCUT2D eigenvalue weighted by Crippen LogP contribution is 2.41. The molecule has 0 bridgehead atoms. The number of sulfonamides is 1. The summed E-state index contributed by atoms with van der Waals surface area (Å²) in [7, 11) is -4.26. The molecule has 202 valence electrons. The van der Waals surface area contributed by atoms with Crippen molar-refractivity contribution < 1.29 is 17.6 Å². The van der Waals surface area contributed by atoms with Gasteiger partial charge in [-0.15, -0.1) is 0 Å². The number of aromatic nitrogens is 3. The number of para-hydroxylation sites is 1. The monoisotopic (exact) mass is 555 g/mol. The fourth-order valence-corrected chi connectivity index (χ4v) is 5.90. The van der Waals surface area contributed by atoms with Gasteiger partial charge in [-0.1, -0.05) is 54.6 Å². The van der Waals surface area contributed by atoms with Crippen molar-refractivity contribution in [1.82, 2.24) is 19.3 Å². The van der Waals surface area contributed by atoms with Crippen LogP contribution in [0, 0.1) is 12.7 Å². The van der Waals surface area contributed by atoms with Crippen LogP contribution in [-0.4, -0.2) is 29.0 Å². The third-order valence-corrected chi connectivity index (χ3v) is 8.33. The Labute approximate surface area is 231 Å². The van der Waals surface area contributed by atoms with Gasteiger partial charge in [-0.3, -0.25) is 0 Å². The summed E-state index contributed by atoms with van der Waals surface area (Å²) < 4.78 is 44.4. The molecule has 1 fully saturated rings. The summed E-state index contributed by atoms with van der Waals surface area (Å²) in [5.41, 5.74) is 4.88. The first-order valence-corrected chi connectivity index (χ1v) is 14.4. The van der Waals surface area contributed by atoms with Crippen LogP contribution in [0.15, 0.2) is 90.0 Å². The number of rotatable bonds is 7. The number of aryl methyl sites for hydroxylation is 1. The van der Waals surface area contributed by atoms with Crippen molar-refractivity contribution in [3.63, 3.8) is 0 Å². The molecule has 0 spiro atoms. The molecule has 10 heteroatoms. The van der Waals surface area contributed by atoms with E-state index in [2.05, 4.69) is 14.9 Å². The number of hydrogen-bond acceptors (Lipinski definition) is 5. The van der Waals surface area contributed by atoms with E-state index in [1.54, 1.807) is 24.4 Å². The molecule has 1 aliphatic rings. The highest BCUT2D eigenvalue weighted by Gasteiger charge is 2.30. The average Bonchev–Trinajstić information content (AvgIpc) is 3.72. The first kappa shape index (κ1) is 25.7. The molecule has 2 N–H and O–H groups in total. The number of nitrogens with one attached hydrogen (secondary N) is 2. The van der Waals surface area contributed by atoms with Crippen molar-refractivity contribution in [3.8, 4) is 11.1 Å². The Bertz CT molecular complexity index is 1850. The zero-order chi connectivity index (χ0) is 27.9. The lowest BCUT2D eigenvalue weighted by Gasteiger charge is -2.13. The van der Waals surface area contributed by atoms with Crippen LogP contribution in [0.25, 0.3) is 22.3 Å². The van der Waals surface area contributed by atoms with Crippen LogP contribution >= 0.6 is 0 Å². The average molecular weight is 556 g/mol. The molecule has 6 rings (SSSR count). The molecule has 2 amide bonds. The molecule has 1 aliphatic carbocycles. The second kappa shape index (κ2) is 10.2. The highest BCUT2D eigenvalue weighted by molar-refractivity contribution is 7.90. The maximum atomic E-state index is 13.9. The molecule has 2 heterocycles. The number of benzene rings is 3. The van der Waals surface area contributed by atoms with E-state index < -0.39 is 21.9 Å². The van der Waals surface area contributed by atoms with E-state index in [9.17, 15) is 17.6 Å². The number of amides is 2. The number of carbonyl (C=O) groups excluding carboxylic acids is 1. The molecule has 0 aliphatic heterocycles. The first-order valence-electron chi connectivity index (χ1n) is 12.9. The van der Waals surface area contributed by atoms with E-state index in [1.165, 1.54) is 30.3 Å². The molecule has 1 saturated carbocycles. The molecule has 0 unspecified atom stereocenters. The van der Waals surface area contributed by atoms with Crippen molar-refractivity contribution >= 4 is 32.9 Å². The summed E-state index contributed by atoms with van der Waals surface area (Å²) in [6.45, 7) is 2.63. The van der Waals surface area contributed by atoms with E-state index in [-0.39, 0.29) is 10.6 Å². The lowest BCUT2D eigenvalue weighted by molar-refractivity contribution is 0.256. The summed E-state index contributed by atoms with van der Waals surface area (Å²) in [4.78, 5) is 21.8. The van der Waals surface area contributed by atoms with Gasteiger partial charge in [-0.25, -0.2) is 32.3 Å².